The van der Waals surface area contributed by atoms with Gasteiger partial charge in [-0.1, -0.05) is 46.9 Å². The first kappa shape index (κ1) is 30.7. The summed E-state index contributed by atoms with van der Waals surface area (Å²) < 4.78 is 54.4. The molecule has 0 aliphatic heterocycles. The largest absolute Gasteiger partial charge is 0.322 e. The van der Waals surface area contributed by atoms with Crippen molar-refractivity contribution in [2.24, 2.45) is 0 Å². The van der Waals surface area contributed by atoms with E-state index in [1.807, 2.05) is 0 Å². The van der Waals surface area contributed by atoms with Crippen LogP contribution >= 0.6 is 34.8 Å². The van der Waals surface area contributed by atoms with Crippen molar-refractivity contribution < 1.29 is 21.6 Å². The molecule has 1 amide bonds. The lowest BCUT2D eigenvalue weighted by Gasteiger charge is -2.23. The summed E-state index contributed by atoms with van der Waals surface area (Å²) >= 11 is 18.5. The Labute approximate surface area is 254 Å². The summed E-state index contributed by atoms with van der Waals surface area (Å²) in [5.41, 5.74) is 2.46. The molecule has 0 aliphatic carbocycles. The van der Waals surface area contributed by atoms with Crippen molar-refractivity contribution in [2.45, 2.75) is 18.4 Å². The Morgan fingerprint density at radius 1 is 0.829 bits per heavy atom. The van der Waals surface area contributed by atoms with Crippen LogP contribution in [-0.2, 0) is 26.6 Å². The molecule has 4 aromatic carbocycles. The van der Waals surface area contributed by atoms with Gasteiger partial charge in [-0.15, -0.1) is 0 Å². The molecular formula is C28H24Cl3N3O5S2. The molecule has 0 atom stereocenters. The number of aryl methyl sites for hydroxylation is 1. The lowest BCUT2D eigenvalue weighted by molar-refractivity contribution is 0.102. The van der Waals surface area contributed by atoms with Crippen LogP contribution in [0.5, 0.6) is 0 Å². The second-order valence-corrected chi connectivity index (χ2v) is 13.9. The molecule has 0 aromatic heterocycles. The van der Waals surface area contributed by atoms with Gasteiger partial charge in [-0.05, 0) is 85.3 Å². The zero-order valence-corrected chi connectivity index (χ0v) is 25.6. The zero-order chi connectivity index (χ0) is 29.9. The van der Waals surface area contributed by atoms with Gasteiger partial charge in [-0.2, -0.15) is 0 Å². The summed E-state index contributed by atoms with van der Waals surface area (Å²) in [7, 11) is -7.61. The molecule has 0 fully saturated rings. The number of nitrogens with one attached hydrogen (secondary N) is 2. The maximum Gasteiger partial charge on any atom is 0.261 e. The summed E-state index contributed by atoms with van der Waals surface area (Å²) in [6, 6.07) is 21.4. The molecule has 0 saturated heterocycles. The molecule has 0 unspecified atom stereocenters. The normalized spacial score (nSPS) is 11.6. The average molecular weight is 653 g/mol. The second-order valence-electron chi connectivity index (χ2n) is 9.06. The third kappa shape index (κ3) is 7.52. The van der Waals surface area contributed by atoms with Gasteiger partial charge >= 0.3 is 0 Å². The lowest BCUT2D eigenvalue weighted by Crippen LogP contribution is -2.29. The molecule has 0 heterocycles. The van der Waals surface area contributed by atoms with Crippen LogP contribution in [0.3, 0.4) is 0 Å². The average Bonchev–Trinajstić information content (AvgIpc) is 2.90. The van der Waals surface area contributed by atoms with E-state index in [1.54, 1.807) is 37.3 Å². The molecular weight excluding hydrogens is 629 g/mol. The Bertz CT molecular complexity index is 1790. The van der Waals surface area contributed by atoms with Gasteiger partial charge in [0.25, 0.3) is 15.9 Å². The minimum absolute atomic E-state index is 0.00119. The topological polar surface area (TPSA) is 113 Å². The van der Waals surface area contributed by atoms with Crippen LogP contribution in [0.25, 0.3) is 0 Å². The van der Waals surface area contributed by atoms with Crippen molar-refractivity contribution in [1.29, 1.82) is 0 Å². The van der Waals surface area contributed by atoms with Crippen molar-refractivity contribution in [3.63, 3.8) is 0 Å². The predicted molar refractivity (Wildman–Crippen MR) is 165 cm³/mol. The van der Waals surface area contributed by atoms with Gasteiger partial charge in [0, 0.05) is 31.9 Å². The molecule has 8 nitrogen and oxygen atoms in total. The fraction of sp³-hybridized carbons (Fsp3) is 0.107. The highest BCUT2D eigenvalue weighted by Gasteiger charge is 2.21. The Morgan fingerprint density at radius 2 is 1.44 bits per heavy atom. The fourth-order valence-electron chi connectivity index (χ4n) is 3.83. The molecule has 13 heteroatoms. The van der Waals surface area contributed by atoms with Crippen molar-refractivity contribution in [1.82, 2.24) is 0 Å². The summed E-state index contributed by atoms with van der Waals surface area (Å²) in [4.78, 5) is 12.8. The SMILES string of the molecule is Cc1ccc(Cl)cc1NS(=O)(=O)c1ccc(NC(=O)c2ccc(N(Cc3c(Cl)cccc3Cl)S(C)(=O)=O)cc2)cc1. The van der Waals surface area contributed by atoms with E-state index in [2.05, 4.69) is 10.0 Å². The quantitative estimate of drug-likeness (QED) is 0.203. The first-order chi connectivity index (χ1) is 19.2. The minimum Gasteiger partial charge on any atom is -0.322 e. The maximum atomic E-state index is 12.8. The van der Waals surface area contributed by atoms with E-state index in [9.17, 15) is 21.6 Å². The molecule has 0 radical (unpaired) electrons. The summed E-state index contributed by atoms with van der Waals surface area (Å²) in [5.74, 6) is -0.472. The minimum atomic E-state index is -3.89. The molecule has 0 spiro atoms. The highest BCUT2D eigenvalue weighted by molar-refractivity contribution is 7.92. The van der Waals surface area contributed by atoms with Crippen LogP contribution in [0.1, 0.15) is 21.5 Å². The van der Waals surface area contributed by atoms with E-state index in [4.69, 9.17) is 34.8 Å². The van der Waals surface area contributed by atoms with Gasteiger partial charge < -0.3 is 5.32 Å². The zero-order valence-electron chi connectivity index (χ0n) is 21.7. The van der Waals surface area contributed by atoms with Crippen LogP contribution in [0.4, 0.5) is 17.1 Å². The first-order valence-corrected chi connectivity index (χ1v) is 16.4. The molecule has 2 N–H and O–H groups in total. The Kier molecular flexibility index (Phi) is 9.20. The van der Waals surface area contributed by atoms with Crippen LogP contribution in [0.2, 0.25) is 15.1 Å². The van der Waals surface area contributed by atoms with Crippen LogP contribution < -0.4 is 14.3 Å². The van der Waals surface area contributed by atoms with Gasteiger partial charge in [0.05, 0.1) is 29.1 Å². The third-order valence-electron chi connectivity index (χ3n) is 6.05. The van der Waals surface area contributed by atoms with Crippen molar-refractivity contribution in [2.75, 3.05) is 20.6 Å². The van der Waals surface area contributed by atoms with Crippen LogP contribution in [-0.4, -0.2) is 29.0 Å². The van der Waals surface area contributed by atoms with E-state index in [-0.39, 0.29) is 17.0 Å². The van der Waals surface area contributed by atoms with E-state index in [0.717, 1.165) is 10.6 Å². The first-order valence-electron chi connectivity index (χ1n) is 12.0. The van der Waals surface area contributed by atoms with Crippen molar-refractivity contribution >= 4 is 77.8 Å². The van der Waals surface area contributed by atoms with Crippen LogP contribution in [0, 0.1) is 6.92 Å². The highest BCUT2D eigenvalue weighted by Crippen LogP contribution is 2.30. The Morgan fingerprint density at radius 3 is 2.02 bits per heavy atom. The number of hydrogen-bond donors (Lipinski definition) is 2. The third-order valence-corrected chi connectivity index (χ3v) is 9.51. The fourth-order valence-corrected chi connectivity index (χ4v) is 6.51. The molecule has 0 saturated carbocycles. The molecule has 0 aliphatic rings. The lowest BCUT2D eigenvalue weighted by atomic mass is 10.1. The van der Waals surface area contributed by atoms with E-state index >= 15 is 0 Å². The Hall–Kier alpha value is -3.28. The smallest absolute Gasteiger partial charge is 0.261 e. The number of carbonyl (C=O) groups is 1. The van der Waals surface area contributed by atoms with Gasteiger partial charge in [-0.25, -0.2) is 16.8 Å². The van der Waals surface area contributed by atoms with Crippen LogP contribution in [0.15, 0.2) is 89.8 Å². The number of rotatable bonds is 9. The standard InChI is InChI=1S/C28H24Cl3N3O5S2/c1-18-6-9-20(29)16-27(18)33-41(38,39)23-14-10-21(11-15-23)32-28(35)19-7-12-22(13-8-19)34(40(2,36)37)17-24-25(30)4-3-5-26(24)31/h3-16,33H,17H2,1-2H3,(H,32,35). The van der Waals surface area contributed by atoms with E-state index in [0.29, 0.717) is 43.3 Å². The van der Waals surface area contributed by atoms with Gasteiger partial charge in [-0.3, -0.25) is 13.8 Å². The maximum absolute atomic E-state index is 12.8. The van der Waals surface area contributed by atoms with Crippen molar-refractivity contribution in [3.8, 4) is 0 Å². The summed E-state index contributed by atoms with van der Waals surface area (Å²) in [6.07, 6.45) is 1.06. The predicted octanol–water partition coefficient (Wildman–Crippen LogP) is 6.97. The molecule has 0 bridgehead atoms. The number of nitrogens with zero attached hydrogens (tertiary/aromatic N) is 1. The Balaban J connectivity index is 1.47. The number of amides is 1. The molecule has 214 valence electrons. The monoisotopic (exact) mass is 651 g/mol. The highest BCUT2D eigenvalue weighted by atomic mass is 35.5. The summed E-state index contributed by atoms with van der Waals surface area (Å²) in [6.45, 7) is 1.66. The van der Waals surface area contributed by atoms with Gasteiger partial charge in [0.1, 0.15) is 0 Å². The number of halogens is 3. The molecule has 4 aromatic rings. The van der Waals surface area contributed by atoms with E-state index < -0.39 is 26.0 Å². The second kappa shape index (κ2) is 12.3. The number of hydrogen-bond acceptors (Lipinski definition) is 5. The number of anilines is 3. The molecule has 4 rings (SSSR count). The summed E-state index contributed by atoms with van der Waals surface area (Å²) in [5, 5.41) is 3.76. The van der Waals surface area contributed by atoms with Crippen molar-refractivity contribution in [3.05, 3.63) is 117 Å². The van der Waals surface area contributed by atoms with Gasteiger partial charge in [0.15, 0.2) is 0 Å². The number of carbonyl (C=O) groups excluding carboxylic acids is 1. The van der Waals surface area contributed by atoms with Gasteiger partial charge in [0.2, 0.25) is 10.0 Å². The number of sulfonamides is 2. The van der Waals surface area contributed by atoms with E-state index in [1.165, 1.54) is 54.6 Å². The number of benzene rings is 4. The molecule has 41 heavy (non-hydrogen) atoms.